The molecule has 1 amide bonds. The van der Waals surface area contributed by atoms with E-state index in [0.29, 0.717) is 35.8 Å². The maximum Gasteiger partial charge on any atom is 0.330 e. The van der Waals surface area contributed by atoms with Gasteiger partial charge in [0, 0.05) is 18.8 Å². The molecule has 1 atom stereocenters. The number of carboxylic acid groups (broad SMARTS) is 1. The molecule has 0 spiro atoms. The minimum Gasteiger partial charge on any atom is -0.479 e. The summed E-state index contributed by atoms with van der Waals surface area (Å²) >= 11 is 0. The third-order valence-corrected chi connectivity index (χ3v) is 4.29. The number of nitrogens with zero attached hydrogens (tertiary/aromatic N) is 2. The first-order chi connectivity index (χ1) is 12.4. The zero-order chi connectivity index (χ0) is 18.7. The van der Waals surface area contributed by atoms with Gasteiger partial charge in [0.05, 0.1) is 0 Å². The highest BCUT2D eigenvalue weighted by atomic mass is 19.1. The molecular formula is C18H20FN3O4. The molecule has 2 aromatic rings. The van der Waals surface area contributed by atoms with Crippen LogP contribution in [0.3, 0.4) is 0 Å². The van der Waals surface area contributed by atoms with E-state index in [-0.39, 0.29) is 6.42 Å². The van der Waals surface area contributed by atoms with Crippen LogP contribution in [0.15, 0.2) is 22.7 Å². The van der Waals surface area contributed by atoms with E-state index in [4.69, 9.17) is 4.52 Å². The van der Waals surface area contributed by atoms with Crippen molar-refractivity contribution in [1.82, 2.24) is 15.5 Å². The molecule has 0 aliphatic heterocycles. The van der Waals surface area contributed by atoms with Gasteiger partial charge in [0.25, 0.3) is 0 Å². The summed E-state index contributed by atoms with van der Waals surface area (Å²) < 4.78 is 18.5. The molecule has 0 bridgehead atoms. The summed E-state index contributed by atoms with van der Waals surface area (Å²) in [5.74, 6) is -0.400. The number of aromatic nitrogens is 2. The normalized spacial score (nSPS) is 14.8. The Labute approximate surface area is 149 Å². The third kappa shape index (κ3) is 4.44. The van der Waals surface area contributed by atoms with Gasteiger partial charge in [-0.2, -0.15) is 4.98 Å². The number of carbonyl (C=O) groups is 2. The Bertz CT molecular complexity index is 817. The summed E-state index contributed by atoms with van der Waals surface area (Å²) in [5.41, 5.74) is 0.654. The maximum absolute atomic E-state index is 13.4. The summed E-state index contributed by atoms with van der Waals surface area (Å²) in [5, 5.41) is 15.7. The van der Waals surface area contributed by atoms with E-state index in [1.54, 1.807) is 6.92 Å². The van der Waals surface area contributed by atoms with Gasteiger partial charge in [0.15, 0.2) is 11.9 Å². The molecule has 1 saturated carbocycles. The van der Waals surface area contributed by atoms with Crippen molar-refractivity contribution in [3.8, 4) is 0 Å². The van der Waals surface area contributed by atoms with Crippen LogP contribution in [0.5, 0.6) is 0 Å². The van der Waals surface area contributed by atoms with Crippen LogP contribution in [0.1, 0.15) is 60.5 Å². The Morgan fingerprint density at radius 3 is 2.85 bits per heavy atom. The SMILES string of the molecule is Cc1cc(C(NC(=O)CCCc2nc(C3CC3)no2)C(=O)O)ccc1F. The third-order valence-electron chi connectivity index (χ3n) is 4.29. The Morgan fingerprint density at radius 1 is 1.42 bits per heavy atom. The monoisotopic (exact) mass is 361 g/mol. The largest absolute Gasteiger partial charge is 0.479 e. The predicted molar refractivity (Wildman–Crippen MR) is 88.9 cm³/mol. The lowest BCUT2D eigenvalue weighted by molar-refractivity contribution is -0.142. The Kier molecular flexibility index (Phi) is 5.29. The number of amides is 1. The van der Waals surface area contributed by atoms with Gasteiger partial charge < -0.3 is 14.9 Å². The smallest absolute Gasteiger partial charge is 0.330 e. The molecule has 1 unspecified atom stereocenters. The summed E-state index contributed by atoms with van der Waals surface area (Å²) in [6.07, 6.45) is 3.22. The van der Waals surface area contributed by atoms with Crippen LogP contribution in [-0.2, 0) is 16.0 Å². The number of hydrogen-bond acceptors (Lipinski definition) is 5. The molecule has 26 heavy (non-hydrogen) atoms. The van der Waals surface area contributed by atoms with Crippen molar-refractivity contribution in [3.05, 3.63) is 46.9 Å². The topological polar surface area (TPSA) is 105 Å². The summed E-state index contributed by atoms with van der Waals surface area (Å²) in [6.45, 7) is 1.54. The van der Waals surface area contributed by atoms with Crippen molar-refractivity contribution >= 4 is 11.9 Å². The van der Waals surface area contributed by atoms with Crippen LogP contribution in [-0.4, -0.2) is 27.1 Å². The number of benzene rings is 1. The fraction of sp³-hybridized carbons (Fsp3) is 0.444. The van der Waals surface area contributed by atoms with Crippen LogP contribution in [0.25, 0.3) is 0 Å². The zero-order valence-corrected chi connectivity index (χ0v) is 14.4. The molecule has 138 valence electrons. The molecule has 0 radical (unpaired) electrons. The van der Waals surface area contributed by atoms with E-state index < -0.39 is 23.7 Å². The molecular weight excluding hydrogens is 341 g/mol. The molecule has 1 aliphatic carbocycles. The first kappa shape index (κ1) is 18.0. The Balaban J connectivity index is 1.52. The molecule has 2 N–H and O–H groups in total. The van der Waals surface area contributed by atoms with Gasteiger partial charge in [0.1, 0.15) is 5.82 Å². The van der Waals surface area contributed by atoms with E-state index >= 15 is 0 Å². The van der Waals surface area contributed by atoms with Crippen LogP contribution < -0.4 is 5.32 Å². The van der Waals surface area contributed by atoms with Crippen molar-refractivity contribution in [2.24, 2.45) is 0 Å². The van der Waals surface area contributed by atoms with Crippen LogP contribution in [0.2, 0.25) is 0 Å². The number of nitrogens with one attached hydrogen (secondary N) is 1. The highest BCUT2D eigenvalue weighted by Crippen LogP contribution is 2.38. The van der Waals surface area contributed by atoms with Crippen molar-refractivity contribution in [1.29, 1.82) is 0 Å². The van der Waals surface area contributed by atoms with Crippen LogP contribution >= 0.6 is 0 Å². The van der Waals surface area contributed by atoms with Gasteiger partial charge in [-0.25, -0.2) is 9.18 Å². The maximum atomic E-state index is 13.4. The Hall–Kier alpha value is -2.77. The van der Waals surface area contributed by atoms with E-state index in [9.17, 15) is 19.1 Å². The fourth-order valence-corrected chi connectivity index (χ4v) is 2.65. The molecule has 1 aromatic heterocycles. The van der Waals surface area contributed by atoms with Crippen LogP contribution in [0.4, 0.5) is 4.39 Å². The van der Waals surface area contributed by atoms with Crippen molar-refractivity contribution in [2.75, 3.05) is 0 Å². The number of halogens is 1. The molecule has 8 heteroatoms. The lowest BCUT2D eigenvalue weighted by Gasteiger charge is -2.15. The standard InChI is InChI=1S/C18H20FN3O4/c1-10-9-12(7-8-13(10)19)16(18(24)25)20-14(23)3-2-4-15-21-17(22-26-15)11-5-6-11/h7-9,11,16H,2-6H2,1H3,(H,20,23)(H,24,25). The van der Waals surface area contributed by atoms with Crippen LogP contribution in [0, 0.1) is 12.7 Å². The van der Waals surface area contributed by atoms with E-state index in [0.717, 1.165) is 18.7 Å². The number of carbonyl (C=O) groups excluding carboxylic acids is 1. The quantitative estimate of drug-likeness (QED) is 0.749. The van der Waals surface area contributed by atoms with Crippen molar-refractivity contribution in [2.45, 2.75) is 51.0 Å². The van der Waals surface area contributed by atoms with E-state index in [1.807, 2.05) is 0 Å². The summed E-state index contributed by atoms with van der Waals surface area (Å²) in [7, 11) is 0. The second-order valence-electron chi connectivity index (χ2n) is 6.52. The van der Waals surface area contributed by atoms with Gasteiger partial charge in [-0.15, -0.1) is 0 Å². The number of aryl methyl sites for hydroxylation is 2. The molecule has 1 fully saturated rings. The summed E-state index contributed by atoms with van der Waals surface area (Å²) in [6, 6.07) is 2.76. The molecule has 1 aromatic carbocycles. The highest BCUT2D eigenvalue weighted by Gasteiger charge is 2.28. The second-order valence-corrected chi connectivity index (χ2v) is 6.52. The second kappa shape index (κ2) is 7.63. The molecule has 3 rings (SSSR count). The average Bonchev–Trinajstić information content (AvgIpc) is 3.34. The van der Waals surface area contributed by atoms with Gasteiger partial charge in [-0.1, -0.05) is 17.3 Å². The van der Waals surface area contributed by atoms with Crippen molar-refractivity contribution in [3.63, 3.8) is 0 Å². The number of carboxylic acids is 1. The molecule has 0 saturated heterocycles. The molecule has 1 heterocycles. The number of rotatable bonds is 8. The first-order valence-electron chi connectivity index (χ1n) is 8.54. The van der Waals surface area contributed by atoms with Gasteiger partial charge in [-0.05, 0) is 43.4 Å². The highest BCUT2D eigenvalue weighted by molar-refractivity contribution is 5.84. The van der Waals surface area contributed by atoms with Crippen molar-refractivity contribution < 1.29 is 23.6 Å². The lowest BCUT2D eigenvalue weighted by Crippen LogP contribution is -2.33. The number of aliphatic carboxylic acids is 1. The fourth-order valence-electron chi connectivity index (χ4n) is 2.65. The van der Waals surface area contributed by atoms with E-state index in [1.165, 1.54) is 18.2 Å². The minimum atomic E-state index is -1.22. The molecule has 7 nitrogen and oxygen atoms in total. The molecule has 1 aliphatic rings. The number of hydrogen-bond donors (Lipinski definition) is 2. The lowest BCUT2D eigenvalue weighted by atomic mass is 10.0. The minimum absolute atomic E-state index is 0.130. The van der Waals surface area contributed by atoms with Gasteiger partial charge in [0.2, 0.25) is 11.8 Å². The average molecular weight is 361 g/mol. The van der Waals surface area contributed by atoms with Gasteiger partial charge >= 0.3 is 5.97 Å². The van der Waals surface area contributed by atoms with Gasteiger partial charge in [-0.3, -0.25) is 4.79 Å². The Morgan fingerprint density at radius 2 is 2.19 bits per heavy atom. The van der Waals surface area contributed by atoms with E-state index in [2.05, 4.69) is 15.5 Å². The zero-order valence-electron chi connectivity index (χ0n) is 14.4. The first-order valence-corrected chi connectivity index (χ1v) is 8.54. The summed E-state index contributed by atoms with van der Waals surface area (Å²) in [4.78, 5) is 27.8. The predicted octanol–water partition coefficient (Wildman–Crippen LogP) is 2.66.